The first-order chi connectivity index (χ1) is 14.6. The number of hydrogen-bond donors (Lipinski definition) is 0. The number of carbonyl (C=O) groups is 1. The van der Waals surface area contributed by atoms with Crippen LogP contribution >= 0.6 is 34.5 Å². The Labute approximate surface area is 190 Å². The summed E-state index contributed by atoms with van der Waals surface area (Å²) in [6.07, 6.45) is 1.66. The number of halogens is 2. The molecule has 158 valence electrons. The van der Waals surface area contributed by atoms with Crippen LogP contribution in [0.4, 0.5) is 0 Å². The van der Waals surface area contributed by atoms with Crippen molar-refractivity contribution in [3.05, 3.63) is 62.3 Å². The van der Waals surface area contributed by atoms with Crippen LogP contribution in [0.15, 0.2) is 35.7 Å². The van der Waals surface area contributed by atoms with Crippen LogP contribution in [0, 0.1) is 0 Å². The minimum absolute atomic E-state index is 0.149. The summed E-state index contributed by atoms with van der Waals surface area (Å²) in [5, 5.41) is 7.53. The number of nitrogens with zero attached hydrogens (tertiary/aromatic N) is 5. The van der Waals surface area contributed by atoms with Crippen molar-refractivity contribution in [1.82, 2.24) is 24.6 Å². The average molecular weight is 464 g/mol. The topological polar surface area (TPSA) is 54.3 Å². The average Bonchev–Trinajstić information content (AvgIpc) is 3.42. The molecule has 0 aliphatic carbocycles. The van der Waals surface area contributed by atoms with E-state index in [0.29, 0.717) is 41.1 Å². The summed E-state index contributed by atoms with van der Waals surface area (Å²) in [5.74, 6) is 0.697. The fourth-order valence-corrected chi connectivity index (χ4v) is 4.83. The maximum Gasteiger partial charge on any atom is 0.293 e. The van der Waals surface area contributed by atoms with Gasteiger partial charge in [0, 0.05) is 44.0 Å². The second kappa shape index (κ2) is 9.47. The zero-order chi connectivity index (χ0) is 21.1. The smallest absolute Gasteiger partial charge is 0.293 e. The molecule has 1 fully saturated rings. The van der Waals surface area contributed by atoms with Gasteiger partial charge in [-0.3, -0.25) is 9.69 Å². The van der Waals surface area contributed by atoms with E-state index >= 15 is 0 Å². The van der Waals surface area contributed by atoms with E-state index in [-0.39, 0.29) is 11.7 Å². The molecule has 0 radical (unpaired) electrons. The van der Waals surface area contributed by atoms with Gasteiger partial charge in [-0.15, -0.1) is 16.4 Å². The predicted octanol–water partition coefficient (Wildman–Crippen LogP) is 4.20. The maximum atomic E-state index is 13.0. The van der Waals surface area contributed by atoms with Gasteiger partial charge < -0.3 is 4.90 Å². The van der Waals surface area contributed by atoms with Crippen LogP contribution in [-0.2, 0) is 12.8 Å². The van der Waals surface area contributed by atoms with Gasteiger partial charge in [0.1, 0.15) is 11.5 Å². The highest BCUT2D eigenvalue weighted by molar-refractivity contribution is 7.09. The van der Waals surface area contributed by atoms with E-state index in [1.54, 1.807) is 34.2 Å². The van der Waals surface area contributed by atoms with Crippen LogP contribution in [0.3, 0.4) is 0 Å². The van der Waals surface area contributed by atoms with E-state index in [1.807, 2.05) is 11.8 Å². The molecule has 9 heteroatoms. The van der Waals surface area contributed by atoms with Crippen LogP contribution in [-0.4, -0.2) is 63.2 Å². The molecule has 2 aromatic heterocycles. The van der Waals surface area contributed by atoms with Gasteiger partial charge in [-0.1, -0.05) is 42.3 Å². The number of carbonyl (C=O) groups excluding carboxylic acids is 1. The van der Waals surface area contributed by atoms with Gasteiger partial charge in [-0.25, -0.2) is 9.67 Å². The summed E-state index contributed by atoms with van der Waals surface area (Å²) in [6, 6.07) is 9.54. The lowest BCUT2D eigenvalue weighted by Gasteiger charge is -2.34. The monoisotopic (exact) mass is 463 g/mol. The van der Waals surface area contributed by atoms with E-state index in [4.69, 9.17) is 23.2 Å². The number of thiophene rings is 1. The number of hydrogen-bond acceptors (Lipinski definition) is 5. The van der Waals surface area contributed by atoms with Crippen molar-refractivity contribution in [2.75, 3.05) is 32.7 Å². The molecule has 1 aliphatic rings. The van der Waals surface area contributed by atoms with Gasteiger partial charge in [0.15, 0.2) is 0 Å². The third kappa shape index (κ3) is 4.54. The number of rotatable bonds is 6. The molecule has 3 heterocycles. The summed E-state index contributed by atoms with van der Waals surface area (Å²) in [7, 11) is 0. The van der Waals surface area contributed by atoms with E-state index < -0.39 is 0 Å². The zero-order valence-electron chi connectivity index (χ0n) is 16.7. The second-order valence-electron chi connectivity index (χ2n) is 7.15. The van der Waals surface area contributed by atoms with E-state index in [0.717, 1.165) is 26.1 Å². The van der Waals surface area contributed by atoms with Crippen molar-refractivity contribution < 1.29 is 4.79 Å². The van der Waals surface area contributed by atoms with Crippen molar-refractivity contribution in [1.29, 1.82) is 0 Å². The fraction of sp³-hybridized carbons (Fsp3) is 0.381. The Morgan fingerprint density at radius 2 is 1.83 bits per heavy atom. The molecule has 30 heavy (non-hydrogen) atoms. The minimum Gasteiger partial charge on any atom is -0.333 e. The normalized spacial score (nSPS) is 15.0. The first-order valence-electron chi connectivity index (χ1n) is 10.0. The Hall–Kier alpha value is -1.93. The second-order valence-corrected chi connectivity index (χ2v) is 9.00. The summed E-state index contributed by atoms with van der Waals surface area (Å²) >= 11 is 14.5. The van der Waals surface area contributed by atoms with E-state index in [1.165, 1.54) is 4.88 Å². The standard InChI is InChI=1S/C21H23Cl2N5OS/c1-2-18-24-20(25-28(18)19-16(22)6-3-7-17(19)23)21(29)27-12-10-26(11-13-27)9-8-15-5-4-14-30-15/h3-7,14H,2,8-13H2,1H3. The number of aromatic nitrogens is 3. The third-order valence-electron chi connectivity index (χ3n) is 5.25. The number of amides is 1. The number of aryl methyl sites for hydroxylation is 1. The van der Waals surface area contributed by atoms with Gasteiger partial charge >= 0.3 is 0 Å². The van der Waals surface area contributed by atoms with Gasteiger partial charge in [0.2, 0.25) is 5.82 Å². The van der Waals surface area contributed by atoms with Crippen LogP contribution in [0.5, 0.6) is 0 Å². The fourth-order valence-electron chi connectivity index (χ4n) is 3.57. The molecule has 1 saturated heterocycles. The molecule has 0 spiro atoms. The molecule has 0 saturated carbocycles. The van der Waals surface area contributed by atoms with Crippen LogP contribution in [0.2, 0.25) is 10.0 Å². The first kappa shape index (κ1) is 21.3. The summed E-state index contributed by atoms with van der Waals surface area (Å²) < 4.78 is 1.59. The minimum atomic E-state index is -0.149. The van der Waals surface area contributed by atoms with Crippen molar-refractivity contribution >= 4 is 40.4 Å². The van der Waals surface area contributed by atoms with Crippen molar-refractivity contribution in [2.24, 2.45) is 0 Å². The van der Waals surface area contributed by atoms with Gasteiger partial charge in [0.05, 0.1) is 10.0 Å². The first-order valence-corrected chi connectivity index (χ1v) is 11.6. The molecule has 3 aromatic rings. The highest BCUT2D eigenvalue weighted by Crippen LogP contribution is 2.29. The Morgan fingerprint density at radius 1 is 1.10 bits per heavy atom. The Morgan fingerprint density at radius 3 is 2.47 bits per heavy atom. The van der Waals surface area contributed by atoms with Crippen molar-refractivity contribution in [3.8, 4) is 5.69 Å². The molecule has 0 atom stereocenters. The molecule has 1 aliphatic heterocycles. The molecule has 6 nitrogen and oxygen atoms in total. The van der Waals surface area contributed by atoms with Crippen molar-refractivity contribution in [2.45, 2.75) is 19.8 Å². The molecule has 1 amide bonds. The number of piperazine rings is 1. The third-order valence-corrected chi connectivity index (χ3v) is 6.79. The highest BCUT2D eigenvalue weighted by Gasteiger charge is 2.26. The Kier molecular flexibility index (Phi) is 6.73. The van der Waals surface area contributed by atoms with Gasteiger partial charge in [0.25, 0.3) is 5.91 Å². The Balaban J connectivity index is 1.43. The van der Waals surface area contributed by atoms with E-state index in [9.17, 15) is 4.79 Å². The molecular formula is C21H23Cl2N5OS. The molecule has 1 aromatic carbocycles. The molecule has 0 bridgehead atoms. The lowest BCUT2D eigenvalue weighted by atomic mass is 10.2. The maximum absolute atomic E-state index is 13.0. The molecule has 0 N–H and O–H groups in total. The highest BCUT2D eigenvalue weighted by atomic mass is 35.5. The van der Waals surface area contributed by atoms with Crippen LogP contribution in [0.1, 0.15) is 28.2 Å². The summed E-state index contributed by atoms with van der Waals surface area (Å²) in [4.78, 5) is 23.1. The lowest BCUT2D eigenvalue weighted by molar-refractivity contribution is 0.0626. The van der Waals surface area contributed by atoms with E-state index in [2.05, 4.69) is 32.5 Å². The molecule has 4 rings (SSSR count). The Bertz CT molecular complexity index is 992. The number of para-hydroxylation sites is 1. The SMILES string of the molecule is CCc1nc(C(=O)N2CCN(CCc3cccs3)CC2)nn1-c1c(Cl)cccc1Cl. The summed E-state index contributed by atoms with van der Waals surface area (Å²) in [5.41, 5.74) is 0.558. The summed E-state index contributed by atoms with van der Waals surface area (Å²) in [6.45, 7) is 6.04. The van der Waals surface area contributed by atoms with Crippen molar-refractivity contribution in [3.63, 3.8) is 0 Å². The quantitative estimate of drug-likeness (QED) is 0.549. The largest absolute Gasteiger partial charge is 0.333 e. The van der Waals surface area contributed by atoms with Gasteiger partial charge in [-0.05, 0) is 30.0 Å². The van der Waals surface area contributed by atoms with Crippen LogP contribution in [0.25, 0.3) is 5.69 Å². The van der Waals surface area contributed by atoms with Crippen LogP contribution < -0.4 is 0 Å². The predicted molar refractivity (Wildman–Crippen MR) is 121 cm³/mol. The molecular weight excluding hydrogens is 441 g/mol. The zero-order valence-corrected chi connectivity index (χ0v) is 19.1. The van der Waals surface area contributed by atoms with Gasteiger partial charge in [-0.2, -0.15) is 0 Å². The molecule has 0 unspecified atom stereocenters. The lowest BCUT2D eigenvalue weighted by Crippen LogP contribution is -2.49. The number of benzene rings is 1.